The number of aromatic amines is 1. The highest BCUT2D eigenvalue weighted by Crippen LogP contribution is 2.39. The Morgan fingerprint density at radius 1 is 1.42 bits per heavy atom. The van der Waals surface area contributed by atoms with Crippen LogP contribution in [0.15, 0.2) is 9.95 Å². The lowest BCUT2D eigenvalue weighted by Crippen LogP contribution is -2.35. The van der Waals surface area contributed by atoms with Gasteiger partial charge in [-0.3, -0.25) is 4.57 Å². The molecule has 2 aliphatic carbocycles. The van der Waals surface area contributed by atoms with Crippen LogP contribution in [0.5, 0.6) is 0 Å². The molecule has 2 atom stereocenters. The van der Waals surface area contributed by atoms with E-state index in [4.69, 9.17) is 0 Å². The van der Waals surface area contributed by atoms with E-state index in [1.807, 2.05) is 4.57 Å². The average molecular weight is 282 g/mol. The Morgan fingerprint density at radius 3 is 3.00 bits per heavy atom. The Bertz CT molecular complexity index is 477. The van der Waals surface area contributed by atoms with Gasteiger partial charge >= 0.3 is 5.69 Å². The third kappa shape index (κ3) is 3.05. The number of nitrogens with one attached hydrogen (secondary N) is 2. The molecule has 2 N–H and O–H groups in total. The number of aromatic nitrogens is 3. The van der Waals surface area contributed by atoms with E-state index in [9.17, 15) is 4.79 Å². The van der Waals surface area contributed by atoms with Crippen LogP contribution in [0, 0.1) is 0 Å². The third-order valence-electron chi connectivity index (χ3n) is 3.98. The van der Waals surface area contributed by atoms with Gasteiger partial charge in [0, 0.05) is 17.3 Å². The Labute approximate surface area is 117 Å². The molecule has 19 heavy (non-hydrogen) atoms. The number of rotatable bonds is 5. The SMILES string of the molecule is CCNC1CCCC(Sc2n[nH]c(=O)n2C2CC2)C1. The molecule has 2 fully saturated rings. The zero-order chi connectivity index (χ0) is 13.2. The van der Waals surface area contributed by atoms with Gasteiger partial charge in [-0.25, -0.2) is 9.89 Å². The summed E-state index contributed by atoms with van der Waals surface area (Å²) in [6.45, 7) is 3.20. The first kappa shape index (κ1) is 13.2. The lowest BCUT2D eigenvalue weighted by atomic mass is 9.95. The van der Waals surface area contributed by atoms with Gasteiger partial charge in [-0.2, -0.15) is 0 Å². The number of hydrogen-bond donors (Lipinski definition) is 2. The summed E-state index contributed by atoms with van der Waals surface area (Å²) >= 11 is 1.79. The molecule has 5 nitrogen and oxygen atoms in total. The van der Waals surface area contributed by atoms with Gasteiger partial charge in [-0.15, -0.1) is 5.10 Å². The van der Waals surface area contributed by atoms with Crippen LogP contribution in [0.25, 0.3) is 0 Å². The van der Waals surface area contributed by atoms with Crippen molar-refractivity contribution in [3.05, 3.63) is 10.5 Å². The van der Waals surface area contributed by atoms with Crippen molar-refractivity contribution in [3.63, 3.8) is 0 Å². The van der Waals surface area contributed by atoms with Crippen LogP contribution < -0.4 is 11.0 Å². The topological polar surface area (TPSA) is 62.7 Å². The van der Waals surface area contributed by atoms with Crippen LogP contribution >= 0.6 is 11.8 Å². The first-order chi connectivity index (χ1) is 9.28. The summed E-state index contributed by atoms with van der Waals surface area (Å²) in [6.07, 6.45) is 7.21. The minimum absolute atomic E-state index is 0.0379. The molecule has 2 aliphatic rings. The van der Waals surface area contributed by atoms with E-state index in [-0.39, 0.29) is 5.69 Å². The molecule has 3 rings (SSSR count). The van der Waals surface area contributed by atoms with Crippen LogP contribution in [0.2, 0.25) is 0 Å². The van der Waals surface area contributed by atoms with E-state index in [2.05, 4.69) is 22.4 Å². The van der Waals surface area contributed by atoms with Gasteiger partial charge in [0.1, 0.15) is 0 Å². The predicted octanol–water partition coefficient (Wildman–Crippen LogP) is 1.92. The molecule has 0 saturated heterocycles. The molecule has 1 aromatic heterocycles. The molecule has 2 saturated carbocycles. The van der Waals surface area contributed by atoms with Crippen molar-refractivity contribution in [1.82, 2.24) is 20.1 Å². The summed E-state index contributed by atoms with van der Waals surface area (Å²) in [7, 11) is 0. The molecular formula is C13H22N4OS. The van der Waals surface area contributed by atoms with Gasteiger partial charge in [-0.1, -0.05) is 25.1 Å². The maximum absolute atomic E-state index is 11.7. The third-order valence-corrected chi connectivity index (χ3v) is 5.24. The van der Waals surface area contributed by atoms with Gasteiger partial charge in [0.05, 0.1) is 0 Å². The largest absolute Gasteiger partial charge is 0.344 e. The zero-order valence-corrected chi connectivity index (χ0v) is 12.2. The van der Waals surface area contributed by atoms with Gasteiger partial charge < -0.3 is 5.32 Å². The Morgan fingerprint density at radius 2 is 2.26 bits per heavy atom. The first-order valence-corrected chi connectivity index (χ1v) is 8.23. The summed E-state index contributed by atoms with van der Waals surface area (Å²) in [5.74, 6) is 0. The van der Waals surface area contributed by atoms with Gasteiger partial charge in [0.2, 0.25) is 0 Å². The minimum Gasteiger partial charge on any atom is -0.314 e. The summed E-state index contributed by atoms with van der Waals surface area (Å²) in [5, 5.41) is 11.8. The van der Waals surface area contributed by atoms with Crippen LogP contribution in [0.3, 0.4) is 0 Å². The number of H-pyrrole nitrogens is 1. The maximum Gasteiger partial charge on any atom is 0.344 e. The summed E-state index contributed by atoms with van der Waals surface area (Å²) < 4.78 is 1.86. The zero-order valence-electron chi connectivity index (χ0n) is 11.4. The van der Waals surface area contributed by atoms with E-state index in [1.54, 1.807) is 11.8 Å². The lowest BCUT2D eigenvalue weighted by molar-refractivity contribution is 0.387. The Hall–Kier alpha value is -0.750. The summed E-state index contributed by atoms with van der Waals surface area (Å²) in [4.78, 5) is 11.7. The highest BCUT2D eigenvalue weighted by molar-refractivity contribution is 7.99. The Balaban J connectivity index is 1.66. The number of hydrogen-bond acceptors (Lipinski definition) is 4. The number of nitrogens with zero attached hydrogens (tertiary/aromatic N) is 2. The van der Waals surface area contributed by atoms with Crippen LogP contribution in [0.4, 0.5) is 0 Å². The lowest BCUT2D eigenvalue weighted by Gasteiger charge is -2.28. The van der Waals surface area contributed by atoms with Gasteiger partial charge in [0.25, 0.3) is 0 Å². The molecule has 1 aromatic rings. The summed E-state index contributed by atoms with van der Waals surface area (Å²) in [6, 6.07) is 1.04. The van der Waals surface area contributed by atoms with Crippen molar-refractivity contribution in [1.29, 1.82) is 0 Å². The molecule has 2 unspecified atom stereocenters. The van der Waals surface area contributed by atoms with Crippen LogP contribution in [-0.2, 0) is 0 Å². The molecule has 0 bridgehead atoms. The fraction of sp³-hybridized carbons (Fsp3) is 0.846. The standard InChI is InChI=1S/C13H22N4OS/c1-2-14-9-4-3-5-11(8-9)19-13-16-15-12(18)17(13)10-6-7-10/h9-11,14H,2-8H2,1H3,(H,15,18). The van der Waals surface area contributed by atoms with Crippen LogP contribution in [-0.4, -0.2) is 32.6 Å². The average Bonchev–Trinajstić information content (AvgIpc) is 3.16. The van der Waals surface area contributed by atoms with E-state index in [1.165, 1.54) is 25.7 Å². The molecule has 0 radical (unpaired) electrons. The van der Waals surface area contributed by atoms with Crippen molar-refractivity contribution < 1.29 is 0 Å². The number of thioether (sulfide) groups is 1. The highest BCUT2D eigenvalue weighted by atomic mass is 32.2. The fourth-order valence-electron chi connectivity index (χ4n) is 2.90. The fourth-order valence-corrected chi connectivity index (χ4v) is 4.26. The van der Waals surface area contributed by atoms with Crippen molar-refractivity contribution in [3.8, 4) is 0 Å². The minimum atomic E-state index is -0.0379. The predicted molar refractivity (Wildman–Crippen MR) is 76.7 cm³/mol. The monoisotopic (exact) mass is 282 g/mol. The molecule has 0 amide bonds. The second-order valence-electron chi connectivity index (χ2n) is 5.57. The second-order valence-corrected chi connectivity index (χ2v) is 6.84. The normalized spacial score (nSPS) is 27.6. The van der Waals surface area contributed by atoms with Crippen molar-refractivity contribution in [2.75, 3.05) is 6.54 Å². The molecule has 0 aromatic carbocycles. The van der Waals surface area contributed by atoms with Gasteiger partial charge in [0.15, 0.2) is 5.16 Å². The van der Waals surface area contributed by atoms with Crippen molar-refractivity contribution in [2.24, 2.45) is 0 Å². The van der Waals surface area contributed by atoms with E-state index < -0.39 is 0 Å². The highest BCUT2D eigenvalue weighted by Gasteiger charge is 2.30. The quantitative estimate of drug-likeness (QED) is 0.866. The molecule has 106 valence electrons. The van der Waals surface area contributed by atoms with Crippen LogP contribution in [0.1, 0.15) is 51.5 Å². The maximum atomic E-state index is 11.7. The van der Waals surface area contributed by atoms with E-state index in [0.29, 0.717) is 17.3 Å². The van der Waals surface area contributed by atoms with Crippen molar-refractivity contribution >= 4 is 11.8 Å². The smallest absolute Gasteiger partial charge is 0.314 e. The molecule has 0 spiro atoms. The molecule has 0 aliphatic heterocycles. The molecule has 1 heterocycles. The van der Waals surface area contributed by atoms with Gasteiger partial charge in [-0.05, 0) is 38.6 Å². The molecular weight excluding hydrogens is 260 g/mol. The first-order valence-electron chi connectivity index (χ1n) is 7.35. The van der Waals surface area contributed by atoms with Crippen molar-refractivity contribution in [2.45, 2.75) is 67.9 Å². The van der Waals surface area contributed by atoms with E-state index in [0.717, 1.165) is 24.5 Å². The van der Waals surface area contributed by atoms with E-state index >= 15 is 0 Å². The second kappa shape index (κ2) is 5.71. The summed E-state index contributed by atoms with van der Waals surface area (Å²) in [5.41, 5.74) is -0.0379. The molecule has 6 heteroatoms. The Kier molecular flexibility index (Phi) is 3.98.